The van der Waals surface area contributed by atoms with E-state index in [1.807, 2.05) is 6.07 Å². The van der Waals surface area contributed by atoms with Crippen LogP contribution >= 0.6 is 11.6 Å². The Hall–Kier alpha value is -0.970. The van der Waals surface area contributed by atoms with Gasteiger partial charge in [0.05, 0.1) is 18.2 Å². The molecule has 1 aliphatic carbocycles. The van der Waals surface area contributed by atoms with Gasteiger partial charge < -0.3 is 14.8 Å². The Balaban J connectivity index is 1.73. The molecule has 0 amide bonds. The third-order valence-corrected chi connectivity index (χ3v) is 4.77. The fourth-order valence-corrected chi connectivity index (χ4v) is 3.56. The molecule has 1 saturated carbocycles. The third-order valence-electron chi connectivity index (χ3n) is 4.49. The van der Waals surface area contributed by atoms with E-state index in [0.717, 1.165) is 51.3 Å². The predicted molar refractivity (Wildman–Crippen MR) is 89.0 cm³/mol. The summed E-state index contributed by atoms with van der Waals surface area (Å²) in [6, 6.07) is 4.09. The molecule has 1 saturated heterocycles. The molecule has 0 unspecified atom stereocenters. The predicted octanol–water partition coefficient (Wildman–Crippen LogP) is 3.08. The van der Waals surface area contributed by atoms with Crippen LogP contribution in [0.15, 0.2) is 12.1 Å². The number of piperazine rings is 1. The smallest absolute Gasteiger partial charge is 0.180 e. The van der Waals surface area contributed by atoms with Crippen LogP contribution in [0.4, 0.5) is 0 Å². The van der Waals surface area contributed by atoms with E-state index >= 15 is 0 Å². The van der Waals surface area contributed by atoms with Crippen molar-refractivity contribution in [3.63, 3.8) is 0 Å². The third kappa shape index (κ3) is 3.86. The maximum absolute atomic E-state index is 6.47. The molecule has 0 spiro atoms. The highest BCUT2D eigenvalue weighted by Gasteiger charge is 2.21. The van der Waals surface area contributed by atoms with E-state index in [9.17, 15) is 0 Å². The molecular weight excluding hydrogens is 300 g/mol. The molecule has 3 rings (SSSR count). The highest BCUT2D eigenvalue weighted by atomic mass is 35.5. The summed E-state index contributed by atoms with van der Waals surface area (Å²) < 4.78 is 11.6. The maximum Gasteiger partial charge on any atom is 0.180 e. The first-order valence-corrected chi connectivity index (χ1v) is 8.60. The van der Waals surface area contributed by atoms with Crippen LogP contribution < -0.4 is 14.8 Å². The summed E-state index contributed by atoms with van der Waals surface area (Å²) in [5, 5.41) is 4.03. The van der Waals surface area contributed by atoms with Gasteiger partial charge in [-0.25, -0.2) is 0 Å². The van der Waals surface area contributed by atoms with Crippen molar-refractivity contribution in [3.8, 4) is 11.5 Å². The van der Waals surface area contributed by atoms with E-state index in [1.165, 1.54) is 18.4 Å². The molecule has 2 fully saturated rings. The Morgan fingerprint density at radius 1 is 1.23 bits per heavy atom. The van der Waals surface area contributed by atoms with Crippen molar-refractivity contribution in [1.82, 2.24) is 10.2 Å². The van der Waals surface area contributed by atoms with Gasteiger partial charge in [0.1, 0.15) is 0 Å². The summed E-state index contributed by atoms with van der Waals surface area (Å²) in [5.74, 6) is 1.46. The van der Waals surface area contributed by atoms with E-state index in [1.54, 1.807) is 7.11 Å². The molecule has 122 valence electrons. The topological polar surface area (TPSA) is 33.7 Å². The number of ether oxygens (including phenoxy) is 2. The van der Waals surface area contributed by atoms with Crippen LogP contribution in [0.5, 0.6) is 11.5 Å². The summed E-state index contributed by atoms with van der Waals surface area (Å²) >= 11 is 6.47. The second-order valence-corrected chi connectivity index (χ2v) is 6.57. The first kappa shape index (κ1) is 15.9. The van der Waals surface area contributed by atoms with Crippen LogP contribution in [-0.4, -0.2) is 44.3 Å². The first-order valence-electron chi connectivity index (χ1n) is 8.22. The zero-order valence-corrected chi connectivity index (χ0v) is 14.0. The number of halogens is 1. The first-order chi connectivity index (χ1) is 10.8. The van der Waals surface area contributed by atoms with E-state index < -0.39 is 0 Å². The Morgan fingerprint density at radius 3 is 2.64 bits per heavy atom. The fourth-order valence-electron chi connectivity index (χ4n) is 3.28. The van der Waals surface area contributed by atoms with Gasteiger partial charge in [-0.15, -0.1) is 0 Å². The number of hydrogen-bond donors (Lipinski definition) is 1. The van der Waals surface area contributed by atoms with Gasteiger partial charge in [0.15, 0.2) is 11.5 Å². The van der Waals surface area contributed by atoms with Crippen LogP contribution in [0.25, 0.3) is 0 Å². The Bertz CT molecular complexity index is 498. The van der Waals surface area contributed by atoms with Crippen molar-refractivity contribution in [2.45, 2.75) is 38.3 Å². The minimum atomic E-state index is 0.283. The van der Waals surface area contributed by atoms with Gasteiger partial charge in [0.2, 0.25) is 0 Å². The number of benzene rings is 1. The average molecular weight is 325 g/mol. The highest BCUT2D eigenvalue weighted by Crippen LogP contribution is 2.39. The zero-order valence-electron chi connectivity index (χ0n) is 13.2. The number of nitrogens with zero attached hydrogens (tertiary/aromatic N) is 1. The summed E-state index contributed by atoms with van der Waals surface area (Å²) in [7, 11) is 1.68. The second-order valence-electron chi connectivity index (χ2n) is 6.16. The monoisotopic (exact) mass is 324 g/mol. The molecule has 0 atom stereocenters. The van der Waals surface area contributed by atoms with Crippen LogP contribution in [0.2, 0.25) is 5.02 Å². The van der Waals surface area contributed by atoms with Gasteiger partial charge in [0, 0.05) is 32.7 Å². The molecule has 1 aromatic rings. The molecule has 0 aromatic heterocycles. The van der Waals surface area contributed by atoms with Gasteiger partial charge in [0.25, 0.3) is 0 Å². The lowest BCUT2D eigenvalue weighted by Gasteiger charge is -2.27. The lowest BCUT2D eigenvalue weighted by molar-refractivity contribution is 0.200. The normalized spacial score (nSPS) is 20.3. The van der Waals surface area contributed by atoms with E-state index in [0.29, 0.717) is 10.8 Å². The average Bonchev–Trinajstić information content (AvgIpc) is 3.04. The molecular formula is C17H25ClN2O2. The Morgan fingerprint density at radius 2 is 1.95 bits per heavy atom. The zero-order chi connectivity index (χ0) is 15.4. The van der Waals surface area contributed by atoms with Crippen molar-refractivity contribution in [2.24, 2.45) is 0 Å². The van der Waals surface area contributed by atoms with Crippen LogP contribution in [0.1, 0.15) is 31.2 Å². The van der Waals surface area contributed by atoms with E-state index in [2.05, 4.69) is 16.3 Å². The largest absolute Gasteiger partial charge is 0.493 e. The quantitative estimate of drug-likeness (QED) is 0.902. The Labute approximate surface area is 137 Å². The van der Waals surface area contributed by atoms with Crippen LogP contribution in [-0.2, 0) is 6.54 Å². The summed E-state index contributed by atoms with van der Waals surface area (Å²) in [4.78, 5) is 2.43. The fraction of sp³-hybridized carbons (Fsp3) is 0.647. The number of rotatable bonds is 5. The van der Waals surface area contributed by atoms with E-state index in [4.69, 9.17) is 21.1 Å². The van der Waals surface area contributed by atoms with Gasteiger partial charge in [-0.2, -0.15) is 0 Å². The lowest BCUT2D eigenvalue weighted by atomic mass is 10.1. The number of nitrogens with one attached hydrogen (secondary N) is 1. The van der Waals surface area contributed by atoms with Crippen LogP contribution in [0.3, 0.4) is 0 Å². The van der Waals surface area contributed by atoms with Gasteiger partial charge >= 0.3 is 0 Å². The molecule has 0 bridgehead atoms. The van der Waals surface area contributed by atoms with Crippen molar-refractivity contribution in [3.05, 3.63) is 22.7 Å². The molecule has 1 aliphatic heterocycles. The summed E-state index contributed by atoms with van der Waals surface area (Å²) in [5.41, 5.74) is 1.18. The summed E-state index contributed by atoms with van der Waals surface area (Å²) in [6.45, 7) is 5.14. The van der Waals surface area contributed by atoms with Gasteiger partial charge in [-0.05, 0) is 43.4 Å². The van der Waals surface area contributed by atoms with Gasteiger partial charge in [-0.3, -0.25) is 4.90 Å². The maximum atomic E-state index is 6.47. The van der Waals surface area contributed by atoms with Crippen molar-refractivity contribution < 1.29 is 9.47 Å². The molecule has 0 radical (unpaired) electrons. The molecule has 4 nitrogen and oxygen atoms in total. The highest BCUT2D eigenvalue weighted by molar-refractivity contribution is 6.32. The van der Waals surface area contributed by atoms with Crippen molar-refractivity contribution in [1.29, 1.82) is 0 Å². The molecule has 1 heterocycles. The Kier molecular flexibility index (Phi) is 5.45. The molecule has 2 aliphatic rings. The lowest BCUT2D eigenvalue weighted by Crippen LogP contribution is -2.42. The minimum absolute atomic E-state index is 0.283. The summed E-state index contributed by atoms with van der Waals surface area (Å²) in [6.07, 6.45) is 4.99. The van der Waals surface area contributed by atoms with E-state index in [-0.39, 0.29) is 6.10 Å². The second kappa shape index (κ2) is 7.53. The standard InChI is InChI=1S/C17H25ClN2O2/c1-21-16-11-13(12-20-8-6-19-7-9-20)10-15(18)17(16)22-14-4-2-3-5-14/h10-11,14,19H,2-9,12H2,1H3. The molecule has 1 aromatic carbocycles. The van der Waals surface area contributed by atoms with Crippen LogP contribution in [0, 0.1) is 0 Å². The molecule has 1 N–H and O–H groups in total. The number of hydrogen-bond acceptors (Lipinski definition) is 4. The van der Waals surface area contributed by atoms with Gasteiger partial charge in [-0.1, -0.05) is 11.6 Å². The number of methoxy groups -OCH3 is 1. The molecule has 22 heavy (non-hydrogen) atoms. The SMILES string of the molecule is COc1cc(CN2CCNCC2)cc(Cl)c1OC1CCCC1. The van der Waals surface area contributed by atoms with Crippen molar-refractivity contribution in [2.75, 3.05) is 33.3 Å². The minimum Gasteiger partial charge on any atom is -0.493 e. The van der Waals surface area contributed by atoms with Crippen molar-refractivity contribution >= 4 is 11.6 Å². The molecule has 5 heteroatoms.